The molecule has 0 saturated heterocycles. The summed E-state index contributed by atoms with van der Waals surface area (Å²) in [7, 11) is 0. The summed E-state index contributed by atoms with van der Waals surface area (Å²) in [6.07, 6.45) is 10.3. The quantitative estimate of drug-likeness (QED) is 0.797. The lowest BCUT2D eigenvalue weighted by Crippen LogP contribution is -2.31. The fourth-order valence-corrected chi connectivity index (χ4v) is 3.62. The van der Waals surface area contributed by atoms with Crippen molar-refractivity contribution in [2.45, 2.75) is 57.8 Å². The monoisotopic (exact) mass is 224 g/mol. The van der Waals surface area contributed by atoms with E-state index >= 15 is 0 Å². The van der Waals surface area contributed by atoms with Gasteiger partial charge in [0.2, 0.25) is 0 Å². The van der Waals surface area contributed by atoms with Crippen LogP contribution in [0.4, 0.5) is 0 Å². The predicted octanol–water partition coefficient (Wildman–Crippen LogP) is 2.93. The number of aliphatic hydroxyl groups is 1. The maximum atomic E-state index is 11.9. The number of carbonyl (C=O) groups is 1. The smallest absolute Gasteiger partial charge is 0.136 e. The second kappa shape index (κ2) is 5.81. The van der Waals surface area contributed by atoms with Crippen LogP contribution in [-0.4, -0.2) is 17.5 Å². The van der Waals surface area contributed by atoms with Gasteiger partial charge in [-0.2, -0.15) is 0 Å². The van der Waals surface area contributed by atoms with E-state index < -0.39 is 0 Å². The maximum Gasteiger partial charge on any atom is 0.136 e. The van der Waals surface area contributed by atoms with Crippen molar-refractivity contribution in [1.82, 2.24) is 0 Å². The Morgan fingerprint density at radius 1 is 1.06 bits per heavy atom. The lowest BCUT2D eigenvalue weighted by molar-refractivity contribution is -0.125. The number of aliphatic hydroxyl groups excluding tert-OH is 1. The summed E-state index contributed by atoms with van der Waals surface area (Å²) >= 11 is 0. The summed E-state index contributed by atoms with van der Waals surface area (Å²) in [5.41, 5.74) is 0. The Morgan fingerprint density at radius 3 is 2.56 bits per heavy atom. The summed E-state index contributed by atoms with van der Waals surface area (Å²) in [4.78, 5) is 11.9. The zero-order chi connectivity index (χ0) is 11.4. The Balaban J connectivity index is 1.82. The zero-order valence-corrected chi connectivity index (χ0v) is 10.2. The van der Waals surface area contributed by atoms with Crippen molar-refractivity contribution in [2.24, 2.45) is 17.8 Å². The first kappa shape index (κ1) is 12.1. The molecule has 2 saturated carbocycles. The summed E-state index contributed by atoms with van der Waals surface area (Å²) in [6.45, 7) is 0.157. The molecule has 2 fully saturated rings. The van der Waals surface area contributed by atoms with E-state index in [-0.39, 0.29) is 6.61 Å². The third-order valence-electron chi connectivity index (χ3n) is 4.58. The van der Waals surface area contributed by atoms with E-state index in [2.05, 4.69) is 0 Å². The molecular formula is C14H24O2. The summed E-state index contributed by atoms with van der Waals surface area (Å²) < 4.78 is 0. The average Bonchev–Trinajstić information content (AvgIpc) is 2.35. The first-order chi connectivity index (χ1) is 7.81. The lowest BCUT2D eigenvalue weighted by Gasteiger charge is -2.38. The third-order valence-corrected chi connectivity index (χ3v) is 4.58. The molecule has 0 aromatic rings. The molecule has 0 amide bonds. The van der Waals surface area contributed by atoms with Gasteiger partial charge in [0.1, 0.15) is 5.78 Å². The number of hydrogen-bond donors (Lipinski definition) is 1. The van der Waals surface area contributed by atoms with Gasteiger partial charge in [-0.15, -0.1) is 0 Å². The minimum atomic E-state index is 0.157. The van der Waals surface area contributed by atoms with Crippen LogP contribution in [0.5, 0.6) is 0 Å². The van der Waals surface area contributed by atoms with E-state index in [9.17, 15) is 4.79 Å². The SMILES string of the molecule is O=C(CCCO)C1CCC2CCCCC2C1. The van der Waals surface area contributed by atoms with Crippen LogP contribution < -0.4 is 0 Å². The predicted molar refractivity (Wildman–Crippen MR) is 64.1 cm³/mol. The molecule has 3 unspecified atom stereocenters. The van der Waals surface area contributed by atoms with Crippen molar-refractivity contribution in [3.8, 4) is 0 Å². The van der Waals surface area contributed by atoms with Gasteiger partial charge in [0.15, 0.2) is 0 Å². The second-order valence-corrected chi connectivity index (χ2v) is 5.61. The molecule has 0 bridgehead atoms. The molecule has 16 heavy (non-hydrogen) atoms. The normalized spacial score (nSPS) is 34.4. The third kappa shape index (κ3) is 2.85. The molecule has 3 atom stereocenters. The van der Waals surface area contributed by atoms with E-state index in [1.54, 1.807) is 0 Å². The first-order valence-electron chi connectivity index (χ1n) is 6.95. The highest BCUT2D eigenvalue weighted by Gasteiger charge is 2.34. The second-order valence-electron chi connectivity index (χ2n) is 5.61. The highest BCUT2D eigenvalue weighted by molar-refractivity contribution is 5.81. The Labute approximate surface area is 98.4 Å². The van der Waals surface area contributed by atoms with Crippen molar-refractivity contribution in [2.75, 3.05) is 6.61 Å². The maximum absolute atomic E-state index is 11.9. The molecular weight excluding hydrogens is 200 g/mol. The van der Waals surface area contributed by atoms with E-state index in [0.717, 1.165) is 24.7 Å². The van der Waals surface area contributed by atoms with Gasteiger partial charge >= 0.3 is 0 Å². The molecule has 0 aromatic heterocycles. The molecule has 0 radical (unpaired) electrons. The van der Waals surface area contributed by atoms with Crippen LogP contribution in [0.2, 0.25) is 0 Å². The summed E-state index contributed by atoms with van der Waals surface area (Å²) in [5, 5.41) is 8.75. The van der Waals surface area contributed by atoms with Crippen molar-refractivity contribution < 1.29 is 9.90 Å². The summed E-state index contributed by atoms with van der Waals surface area (Å²) in [5.74, 6) is 2.50. The van der Waals surface area contributed by atoms with Gasteiger partial charge in [0, 0.05) is 18.9 Å². The Kier molecular flexibility index (Phi) is 4.39. The van der Waals surface area contributed by atoms with Gasteiger partial charge in [-0.3, -0.25) is 4.79 Å². The lowest BCUT2D eigenvalue weighted by atomic mass is 9.66. The molecule has 2 aliphatic carbocycles. The van der Waals surface area contributed by atoms with Crippen LogP contribution in [-0.2, 0) is 4.79 Å². The number of fused-ring (bicyclic) bond motifs is 1. The Hall–Kier alpha value is -0.370. The topological polar surface area (TPSA) is 37.3 Å². The van der Waals surface area contributed by atoms with Crippen LogP contribution >= 0.6 is 0 Å². The number of Topliss-reactive ketones (excluding diaryl/α,β-unsaturated/α-hetero) is 1. The van der Waals surface area contributed by atoms with Gasteiger partial charge in [-0.05, 0) is 37.5 Å². The molecule has 0 spiro atoms. The molecule has 2 rings (SSSR count). The number of rotatable bonds is 4. The van der Waals surface area contributed by atoms with E-state index in [0.29, 0.717) is 24.5 Å². The zero-order valence-electron chi connectivity index (χ0n) is 10.2. The van der Waals surface area contributed by atoms with Gasteiger partial charge in [0.25, 0.3) is 0 Å². The van der Waals surface area contributed by atoms with Crippen molar-refractivity contribution in [3.63, 3.8) is 0 Å². The fourth-order valence-electron chi connectivity index (χ4n) is 3.62. The van der Waals surface area contributed by atoms with Crippen LogP contribution in [0.15, 0.2) is 0 Å². The van der Waals surface area contributed by atoms with Gasteiger partial charge in [-0.1, -0.05) is 25.7 Å². The minimum Gasteiger partial charge on any atom is -0.396 e. The molecule has 2 nitrogen and oxygen atoms in total. The molecule has 92 valence electrons. The van der Waals surface area contributed by atoms with Gasteiger partial charge in [0.05, 0.1) is 0 Å². The largest absolute Gasteiger partial charge is 0.396 e. The van der Waals surface area contributed by atoms with Crippen molar-refractivity contribution in [1.29, 1.82) is 0 Å². The van der Waals surface area contributed by atoms with E-state index in [1.165, 1.54) is 32.1 Å². The standard InChI is InChI=1S/C14H24O2/c15-9-3-6-14(16)13-8-7-11-4-1-2-5-12(11)10-13/h11-13,15H,1-10H2. The number of hydrogen-bond acceptors (Lipinski definition) is 2. The molecule has 0 aromatic carbocycles. The minimum absolute atomic E-state index is 0.157. The van der Waals surface area contributed by atoms with Crippen molar-refractivity contribution in [3.05, 3.63) is 0 Å². The average molecular weight is 224 g/mol. The Morgan fingerprint density at radius 2 is 1.81 bits per heavy atom. The first-order valence-corrected chi connectivity index (χ1v) is 6.95. The highest BCUT2D eigenvalue weighted by Crippen LogP contribution is 2.43. The molecule has 0 aliphatic heterocycles. The fraction of sp³-hybridized carbons (Fsp3) is 0.929. The van der Waals surface area contributed by atoms with E-state index in [1.807, 2.05) is 0 Å². The van der Waals surface area contributed by atoms with E-state index in [4.69, 9.17) is 5.11 Å². The van der Waals surface area contributed by atoms with Crippen LogP contribution in [0.3, 0.4) is 0 Å². The van der Waals surface area contributed by atoms with Crippen LogP contribution in [0.1, 0.15) is 57.8 Å². The van der Waals surface area contributed by atoms with Gasteiger partial charge < -0.3 is 5.11 Å². The summed E-state index contributed by atoms with van der Waals surface area (Å²) in [6, 6.07) is 0. The molecule has 2 aliphatic rings. The number of ketones is 1. The molecule has 1 N–H and O–H groups in total. The molecule has 0 heterocycles. The molecule has 2 heteroatoms. The Bertz CT molecular complexity index is 237. The van der Waals surface area contributed by atoms with Crippen LogP contribution in [0, 0.1) is 17.8 Å². The number of carbonyl (C=O) groups excluding carboxylic acids is 1. The van der Waals surface area contributed by atoms with Crippen molar-refractivity contribution >= 4 is 5.78 Å². The highest BCUT2D eigenvalue weighted by atomic mass is 16.3. The van der Waals surface area contributed by atoms with Gasteiger partial charge in [-0.25, -0.2) is 0 Å². The van der Waals surface area contributed by atoms with Crippen LogP contribution in [0.25, 0.3) is 0 Å².